The summed E-state index contributed by atoms with van der Waals surface area (Å²) >= 11 is 0. The van der Waals surface area contributed by atoms with Crippen LogP contribution < -0.4 is 10.1 Å². The highest BCUT2D eigenvalue weighted by atomic mass is 16.5. The monoisotopic (exact) mass is 265 g/mol. The molecular formula is C15H27N3O. The zero-order chi connectivity index (χ0) is 14.3. The molecule has 0 spiro atoms. The quantitative estimate of drug-likeness (QED) is 0.734. The normalized spacial score (nSPS) is 11.3. The Hall–Kier alpha value is -1.16. The standard InChI is InChI=1S/C15H27N3O/c1-11(2)7-6-8-19-14-10-17-15(12(3)4)18-13(14)9-16-5/h10-12,16H,6-9H2,1-5H3. The van der Waals surface area contributed by atoms with E-state index in [1.807, 2.05) is 13.2 Å². The Morgan fingerprint density at radius 3 is 2.58 bits per heavy atom. The summed E-state index contributed by atoms with van der Waals surface area (Å²) in [5.41, 5.74) is 0.950. The molecule has 0 bridgehead atoms. The summed E-state index contributed by atoms with van der Waals surface area (Å²) < 4.78 is 5.81. The predicted molar refractivity (Wildman–Crippen MR) is 78.5 cm³/mol. The molecule has 0 radical (unpaired) electrons. The predicted octanol–water partition coefficient (Wildman–Crippen LogP) is 3.13. The fourth-order valence-corrected chi connectivity index (χ4v) is 1.79. The van der Waals surface area contributed by atoms with Crippen molar-refractivity contribution in [1.82, 2.24) is 15.3 Å². The Labute approximate surface area is 117 Å². The number of ether oxygens (including phenoxy) is 1. The zero-order valence-corrected chi connectivity index (χ0v) is 12.9. The van der Waals surface area contributed by atoms with Gasteiger partial charge in [0.2, 0.25) is 0 Å². The van der Waals surface area contributed by atoms with E-state index >= 15 is 0 Å². The minimum absolute atomic E-state index is 0.339. The lowest BCUT2D eigenvalue weighted by Crippen LogP contribution is -2.13. The van der Waals surface area contributed by atoms with Gasteiger partial charge in [0.05, 0.1) is 18.5 Å². The molecule has 0 fully saturated rings. The van der Waals surface area contributed by atoms with Crippen LogP contribution in [-0.2, 0) is 6.54 Å². The van der Waals surface area contributed by atoms with E-state index in [0.29, 0.717) is 12.5 Å². The summed E-state index contributed by atoms with van der Waals surface area (Å²) in [6.07, 6.45) is 4.07. The molecule has 0 atom stereocenters. The van der Waals surface area contributed by atoms with E-state index in [1.165, 1.54) is 6.42 Å². The van der Waals surface area contributed by atoms with Gasteiger partial charge in [-0.15, -0.1) is 0 Å². The largest absolute Gasteiger partial charge is 0.490 e. The van der Waals surface area contributed by atoms with Crippen LogP contribution in [0.2, 0.25) is 0 Å². The van der Waals surface area contributed by atoms with Crippen molar-refractivity contribution in [3.05, 3.63) is 17.7 Å². The van der Waals surface area contributed by atoms with Crippen LogP contribution in [-0.4, -0.2) is 23.6 Å². The van der Waals surface area contributed by atoms with Crippen molar-refractivity contribution >= 4 is 0 Å². The summed E-state index contributed by atoms with van der Waals surface area (Å²) in [4.78, 5) is 8.95. The molecule has 19 heavy (non-hydrogen) atoms. The van der Waals surface area contributed by atoms with Crippen LogP contribution in [0.4, 0.5) is 0 Å². The molecular weight excluding hydrogens is 238 g/mol. The average Bonchev–Trinajstić information content (AvgIpc) is 2.35. The van der Waals surface area contributed by atoms with Crippen LogP contribution in [0.3, 0.4) is 0 Å². The first kappa shape index (κ1) is 15.9. The zero-order valence-electron chi connectivity index (χ0n) is 12.9. The minimum Gasteiger partial charge on any atom is -0.490 e. The first-order chi connectivity index (χ1) is 9.04. The third-order valence-corrected chi connectivity index (χ3v) is 2.89. The molecule has 1 N–H and O–H groups in total. The lowest BCUT2D eigenvalue weighted by molar-refractivity contribution is 0.291. The van der Waals surface area contributed by atoms with Gasteiger partial charge in [0.15, 0.2) is 5.75 Å². The molecule has 0 aromatic carbocycles. The maximum absolute atomic E-state index is 5.81. The van der Waals surface area contributed by atoms with Crippen molar-refractivity contribution < 1.29 is 4.74 Å². The number of rotatable bonds is 8. The Balaban J connectivity index is 2.65. The summed E-state index contributed by atoms with van der Waals surface area (Å²) in [6.45, 7) is 10.1. The summed E-state index contributed by atoms with van der Waals surface area (Å²) in [5.74, 6) is 2.74. The number of hydrogen-bond donors (Lipinski definition) is 1. The maximum Gasteiger partial charge on any atom is 0.160 e. The summed E-state index contributed by atoms with van der Waals surface area (Å²) in [7, 11) is 1.92. The van der Waals surface area contributed by atoms with Crippen molar-refractivity contribution in [2.75, 3.05) is 13.7 Å². The van der Waals surface area contributed by atoms with Gasteiger partial charge >= 0.3 is 0 Å². The van der Waals surface area contributed by atoms with Gasteiger partial charge in [-0.25, -0.2) is 9.97 Å². The second-order valence-electron chi connectivity index (χ2n) is 5.61. The Kier molecular flexibility index (Phi) is 6.78. The molecule has 0 saturated heterocycles. The third kappa shape index (κ3) is 5.55. The van der Waals surface area contributed by atoms with Crippen LogP contribution in [0, 0.1) is 5.92 Å². The maximum atomic E-state index is 5.81. The van der Waals surface area contributed by atoms with Gasteiger partial charge in [0, 0.05) is 12.5 Å². The molecule has 1 aromatic heterocycles. The highest BCUT2D eigenvalue weighted by Gasteiger charge is 2.10. The van der Waals surface area contributed by atoms with E-state index in [2.05, 4.69) is 43.0 Å². The topological polar surface area (TPSA) is 47.0 Å². The molecule has 1 aromatic rings. The molecule has 1 rings (SSSR count). The molecule has 4 heteroatoms. The van der Waals surface area contributed by atoms with E-state index in [1.54, 1.807) is 0 Å². The van der Waals surface area contributed by atoms with Gasteiger partial charge < -0.3 is 10.1 Å². The number of hydrogen-bond acceptors (Lipinski definition) is 4. The highest BCUT2D eigenvalue weighted by molar-refractivity contribution is 5.25. The van der Waals surface area contributed by atoms with E-state index in [4.69, 9.17) is 4.74 Å². The van der Waals surface area contributed by atoms with Crippen LogP contribution in [0.1, 0.15) is 58.0 Å². The second kappa shape index (κ2) is 8.10. The van der Waals surface area contributed by atoms with Gasteiger partial charge in [-0.2, -0.15) is 0 Å². The van der Waals surface area contributed by atoms with Crippen molar-refractivity contribution in [1.29, 1.82) is 0 Å². The average molecular weight is 265 g/mol. The Morgan fingerprint density at radius 2 is 2.00 bits per heavy atom. The minimum atomic E-state index is 0.339. The molecule has 4 nitrogen and oxygen atoms in total. The molecule has 0 aliphatic heterocycles. The van der Waals surface area contributed by atoms with Crippen molar-refractivity contribution in [2.45, 2.75) is 53.0 Å². The first-order valence-electron chi connectivity index (χ1n) is 7.17. The smallest absolute Gasteiger partial charge is 0.160 e. The SMILES string of the molecule is CNCc1nc(C(C)C)ncc1OCCCC(C)C. The van der Waals surface area contributed by atoms with Crippen LogP contribution >= 0.6 is 0 Å². The first-order valence-corrected chi connectivity index (χ1v) is 7.17. The molecule has 0 saturated carbocycles. The van der Waals surface area contributed by atoms with Gasteiger partial charge in [0.1, 0.15) is 5.82 Å². The number of nitrogens with one attached hydrogen (secondary N) is 1. The third-order valence-electron chi connectivity index (χ3n) is 2.89. The van der Waals surface area contributed by atoms with E-state index in [9.17, 15) is 0 Å². The number of aromatic nitrogens is 2. The fourth-order valence-electron chi connectivity index (χ4n) is 1.79. The van der Waals surface area contributed by atoms with Crippen LogP contribution in [0.25, 0.3) is 0 Å². The highest BCUT2D eigenvalue weighted by Crippen LogP contribution is 2.19. The van der Waals surface area contributed by atoms with E-state index in [-0.39, 0.29) is 0 Å². The van der Waals surface area contributed by atoms with Crippen molar-refractivity contribution in [3.8, 4) is 5.75 Å². The van der Waals surface area contributed by atoms with Gasteiger partial charge in [-0.3, -0.25) is 0 Å². The van der Waals surface area contributed by atoms with Crippen molar-refractivity contribution in [2.24, 2.45) is 5.92 Å². The second-order valence-corrected chi connectivity index (χ2v) is 5.61. The van der Waals surface area contributed by atoms with E-state index < -0.39 is 0 Å². The van der Waals surface area contributed by atoms with Crippen molar-refractivity contribution in [3.63, 3.8) is 0 Å². The van der Waals surface area contributed by atoms with Crippen LogP contribution in [0.15, 0.2) is 6.20 Å². The lowest BCUT2D eigenvalue weighted by atomic mass is 10.1. The molecule has 0 amide bonds. The fraction of sp³-hybridized carbons (Fsp3) is 0.733. The van der Waals surface area contributed by atoms with Gasteiger partial charge in [-0.05, 0) is 25.8 Å². The molecule has 1 heterocycles. The Bertz CT molecular complexity index is 378. The van der Waals surface area contributed by atoms with Crippen LogP contribution in [0.5, 0.6) is 5.75 Å². The van der Waals surface area contributed by atoms with Gasteiger partial charge in [-0.1, -0.05) is 27.7 Å². The van der Waals surface area contributed by atoms with E-state index in [0.717, 1.165) is 36.2 Å². The molecule has 0 unspecified atom stereocenters. The molecule has 108 valence electrons. The number of nitrogens with zero attached hydrogens (tertiary/aromatic N) is 2. The molecule has 0 aliphatic carbocycles. The van der Waals surface area contributed by atoms with Gasteiger partial charge in [0.25, 0.3) is 0 Å². The lowest BCUT2D eigenvalue weighted by Gasteiger charge is -2.13. The summed E-state index contributed by atoms with van der Waals surface area (Å²) in [6, 6.07) is 0. The molecule has 0 aliphatic rings. The summed E-state index contributed by atoms with van der Waals surface area (Å²) in [5, 5.41) is 3.13. The Morgan fingerprint density at radius 1 is 1.26 bits per heavy atom.